The van der Waals surface area contributed by atoms with Crippen LogP contribution in [0.25, 0.3) is 0 Å². The highest BCUT2D eigenvalue weighted by atomic mass is 16.5. The van der Waals surface area contributed by atoms with Crippen molar-refractivity contribution in [1.29, 1.82) is 0 Å². The van der Waals surface area contributed by atoms with E-state index >= 15 is 0 Å². The van der Waals surface area contributed by atoms with Crippen LogP contribution in [0.3, 0.4) is 0 Å². The van der Waals surface area contributed by atoms with Crippen LogP contribution in [-0.4, -0.2) is 37.2 Å². The molecule has 2 rings (SSSR count). The molecule has 0 heterocycles. The SMILES string of the molecule is CCOc1ccc(CC(CNC(=O)c2ccccc2COC)C(=O)O)cc1. The van der Waals surface area contributed by atoms with E-state index < -0.39 is 11.9 Å². The summed E-state index contributed by atoms with van der Waals surface area (Å²) in [5.74, 6) is -1.23. The minimum Gasteiger partial charge on any atom is -0.494 e. The molecule has 0 aliphatic heterocycles. The van der Waals surface area contributed by atoms with Gasteiger partial charge in [-0.15, -0.1) is 0 Å². The molecule has 0 spiro atoms. The van der Waals surface area contributed by atoms with E-state index in [1.54, 1.807) is 19.2 Å². The van der Waals surface area contributed by atoms with Crippen LogP contribution in [0.2, 0.25) is 0 Å². The first kappa shape index (κ1) is 20.5. The average molecular weight is 371 g/mol. The largest absolute Gasteiger partial charge is 0.494 e. The predicted octanol–water partition coefficient (Wildman–Crippen LogP) is 2.91. The molecule has 0 saturated heterocycles. The summed E-state index contributed by atoms with van der Waals surface area (Å²) in [7, 11) is 1.56. The van der Waals surface area contributed by atoms with Crippen molar-refractivity contribution >= 4 is 11.9 Å². The Hall–Kier alpha value is -2.86. The van der Waals surface area contributed by atoms with Gasteiger partial charge in [0.1, 0.15) is 5.75 Å². The lowest BCUT2D eigenvalue weighted by molar-refractivity contribution is -0.141. The Labute approximate surface area is 159 Å². The zero-order valence-corrected chi connectivity index (χ0v) is 15.6. The molecule has 1 atom stereocenters. The number of benzene rings is 2. The van der Waals surface area contributed by atoms with E-state index in [-0.39, 0.29) is 12.5 Å². The fraction of sp³-hybridized carbons (Fsp3) is 0.333. The monoisotopic (exact) mass is 371 g/mol. The fourth-order valence-electron chi connectivity index (χ4n) is 2.75. The van der Waals surface area contributed by atoms with Crippen molar-refractivity contribution < 1.29 is 24.2 Å². The number of carboxylic acid groups (broad SMARTS) is 1. The third-order valence-electron chi connectivity index (χ3n) is 4.14. The second kappa shape index (κ2) is 10.3. The molecule has 0 bridgehead atoms. The van der Waals surface area contributed by atoms with Crippen LogP contribution in [0.15, 0.2) is 48.5 Å². The van der Waals surface area contributed by atoms with Crippen molar-refractivity contribution in [3.8, 4) is 5.75 Å². The van der Waals surface area contributed by atoms with Gasteiger partial charge >= 0.3 is 5.97 Å². The summed E-state index contributed by atoms with van der Waals surface area (Å²) in [6.45, 7) is 2.84. The van der Waals surface area contributed by atoms with Gasteiger partial charge in [0.15, 0.2) is 0 Å². The van der Waals surface area contributed by atoms with Crippen molar-refractivity contribution in [3.05, 3.63) is 65.2 Å². The van der Waals surface area contributed by atoms with E-state index in [2.05, 4.69) is 5.32 Å². The highest BCUT2D eigenvalue weighted by Gasteiger charge is 2.20. The van der Waals surface area contributed by atoms with E-state index in [0.29, 0.717) is 25.2 Å². The third kappa shape index (κ3) is 6.11. The van der Waals surface area contributed by atoms with Crippen LogP contribution in [-0.2, 0) is 22.6 Å². The summed E-state index contributed by atoms with van der Waals surface area (Å²) in [6.07, 6.45) is 0.321. The van der Waals surface area contributed by atoms with Gasteiger partial charge in [-0.05, 0) is 42.7 Å². The van der Waals surface area contributed by atoms with Gasteiger partial charge in [0, 0.05) is 19.2 Å². The van der Waals surface area contributed by atoms with Crippen molar-refractivity contribution in [2.45, 2.75) is 20.0 Å². The number of hydrogen-bond donors (Lipinski definition) is 2. The number of nitrogens with one attached hydrogen (secondary N) is 1. The molecule has 2 N–H and O–H groups in total. The number of rotatable bonds is 10. The molecule has 0 aromatic heterocycles. The van der Waals surface area contributed by atoms with Crippen LogP contribution in [0.4, 0.5) is 0 Å². The fourth-order valence-corrected chi connectivity index (χ4v) is 2.75. The molecule has 144 valence electrons. The van der Waals surface area contributed by atoms with Crippen LogP contribution in [0.1, 0.15) is 28.4 Å². The van der Waals surface area contributed by atoms with Gasteiger partial charge in [-0.3, -0.25) is 9.59 Å². The number of carboxylic acids is 1. The standard InChI is InChI=1S/C21H25NO5/c1-3-27-18-10-8-15(9-11-18)12-17(21(24)25)13-22-20(23)19-7-5-4-6-16(19)14-26-2/h4-11,17H,3,12-14H2,1-2H3,(H,22,23)(H,24,25). The number of carbonyl (C=O) groups excluding carboxylic acids is 1. The molecule has 0 aliphatic carbocycles. The molecular formula is C21H25NO5. The Kier molecular flexibility index (Phi) is 7.82. The van der Waals surface area contributed by atoms with Crippen molar-refractivity contribution in [1.82, 2.24) is 5.32 Å². The Balaban J connectivity index is 2.00. The van der Waals surface area contributed by atoms with Gasteiger partial charge in [0.2, 0.25) is 0 Å². The normalized spacial score (nSPS) is 11.6. The smallest absolute Gasteiger partial charge is 0.308 e. The van der Waals surface area contributed by atoms with Crippen LogP contribution in [0, 0.1) is 5.92 Å². The minimum atomic E-state index is -0.950. The molecule has 1 unspecified atom stereocenters. The summed E-state index contributed by atoms with van der Waals surface area (Å²) in [5, 5.41) is 12.2. The molecule has 0 saturated carbocycles. The Bertz CT molecular complexity index is 757. The second-order valence-electron chi connectivity index (χ2n) is 6.12. The van der Waals surface area contributed by atoms with E-state index in [1.807, 2.05) is 43.3 Å². The molecule has 6 heteroatoms. The van der Waals surface area contributed by atoms with Crippen LogP contribution < -0.4 is 10.1 Å². The molecule has 2 aromatic rings. The summed E-state index contributed by atoms with van der Waals surface area (Å²) in [4.78, 5) is 24.1. The molecule has 0 aliphatic rings. The lowest BCUT2D eigenvalue weighted by Gasteiger charge is -2.15. The Morgan fingerprint density at radius 3 is 2.44 bits per heavy atom. The molecule has 27 heavy (non-hydrogen) atoms. The van der Waals surface area contributed by atoms with Crippen molar-refractivity contribution in [3.63, 3.8) is 0 Å². The number of amides is 1. The quantitative estimate of drug-likeness (QED) is 0.671. The summed E-state index contributed by atoms with van der Waals surface area (Å²) in [5.41, 5.74) is 2.13. The highest BCUT2D eigenvalue weighted by Crippen LogP contribution is 2.16. The van der Waals surface area contributed by atoms with E-state index in [9.17, 15) is 14.7 Å². The molecule has 6 nitrogen and oxygen atoms in total. The van der Waals surface area contributed by atoms with Gasteiger partial charge < -0.3 is 19.9 Å². The Morgan fingerprint density at radius 2 is 1.81 bits per heavy atom. The first-order valence-corrected chi connectivity index (χ1v) is 8.84. The van der Waals surface area contributed by atoms with Crippen LogP contribution in [0.5, 0.6) is 5.75 Å². The number of carbonyl (C=O) groups is 2. The molecular weight excluding hydrogens is 346 g/mol. The molecule has 0 radical (unpaired) electrons. The zero-order chi connectivity index (χ0) is 19.6. The molecule has 1 amide bonds. The highest BCUT2D eigenvalue weighted by molar-refractivity contribution is 5.95. The van der Waals surface area contributed by atoms with Crippen LogP contribution >= 0.6 is 0 Å². The average Bonchev–Trinajstić information content (AvgIpc) is 2.67. The zero-order valence-electron chi connectivity index (χ0n) is 15.6. The Morgan fingerprint density at radius 1 is 1.11 bits per heavy atom. The molecule has 2 aromatic carbocycles. The summed E-state index contributed by atoms with van der Waals surface area (Å²) < 4.78 is 10.5. The topological polar surface area (TPSA) is 84.9 Å². The maximum atomic E-state index is 12.5. The molecule has 0 fully saturated rings. The second-order valence-corrected chi connectivity index (χ2v) is 6.12. The van der Waals surface area contributed by atoms with Crippen molar-refractivity contribution in [2.75, 3.05) is 20.3 Å². The van der Waals surface area contributed by atoms with Gasteiger partial charge in [-0.2, -0.15) is 0 Å². The summed E-state index contributed by atoms with van der Waals surface area (Å²) >= 11 is 0. The number of ether oxygens (including phenoxy) is 2. The maximum absolute atomic E-state index is 12.5. The summed E-state index contributed by atoms with van der Waals surface area (Å²) in [6, 6.07) is 14.4. The third-order valence-corrected chi connectivity index (χ3v) is 4.14. The number of aliphatic carboxylic acids is 1. The maximum Gasteiger partial charge on any atom is 0.308 e. The van der Waals surface area contributed by atoms with Gasteiger partial charge in [-0.1, -0.05) is 30.3 Å². The number of hydrogen-bond acceptors (Lipinski definition) is 4. The number of methoxy groups -OCH3 is 1. The van der Waals surface area contributed by atoms with E-state index in [1.165, 1.54) is 0 Å². The minimum absolute atomic E-state index is 0.0443. The van der Waals surface area contributed by atoms with E-state index in [0.717, 1.165) is 16.9 Å². The van der Waals surface area contributed by atoms with Gasteiger partial charge in [0.05, 0.1) is 19.1 Å². The van der Waals surface area contributed by atoms with E-state index in [4.69, 9.17) is 9.47 Å². The lowest BCUT2D eigenvalue weighted by atomic mass is 9.99. The predicted molar refractivity (Wildman–Crippen MR) is 102 cm³/mol. The first-order chi connectivity index (χ1) is 13.0. The van der Waals surface area contributed by atoms with Crippen molar-refractivity contribution in [2.24, 2.45) is 5.92 Å². The first-order valence-electron chi connectivity index (χ1n) is 8.84. The van der Waals surface area contributed by atoms with Gasteiger partial charge in [-0.25, -0.2) is 0 Å². The van der Waals surface area contributed by atoms with Gasteiger partial charge in [0.25, 0.3) is 5.91 Å². The lowest BCUT2D eigenvalue weighted by Crippen LogP contribution is -2.34.